The normalized spacial score (nSPS) is 21.3. The predicted molar refractivity (Wildman–Crippen MR) is 95.5 cm³/mol. The highest BCUT2D eigenvalue weighted by Gasteiger charge is 2.26. The molecule has 2 amide bonds. The lowest BCUT2D eigenvalue weighted by Crippen LogP contribution is -2.47. The van der Waals surface area contributed by atoms with Gasteiger partial charge in [-0.2, -0.15) is 0 Å². The summed E-state index contributed by atoms with van der Waals surface area (Å²) >= 11 is 0. The standard InChI is InChI=1S/C16H20FN3O2.2ClH/c17-13-9-11(19-14-3-4-15(21)20-16(14)22)1-2-12(13)10-5-7-18-8-6-10;;/h1-2,9-10,14,18-19H,3-8H2,(H,20,21,22);2*1H. The molecule has 3 N–H and O–H groups in total. The fourth-order valence-electron chi connectivity index (χ4n) is 3.11. The highest BCUT2D eigenvalue weighted by molar-refractivity contribution is 6.01. The molecule has 1 atom stereocenters. The van der Waals surface area contributed by atoms with Crippen LogP contribution in [0.5, 0.6) is 0 Å². The zero-order valence-corrected chi connectivity index (χ0v) is 14.8. The van der Waals surface area contributed by atoms with Crippen LogP contribution < -0.4 is 16.0 Å². The van der Waals surface area contributed by atoms with Crippen molar-refractivity contribution in [1.29, 1.82) is 0 Å². The molecule has 3 rings (SSSR count). The van der Waals surface area contributed by atoms with Crippen LogP contribution in [-0.4, -0.2) is 30.9 Å². The summed E-state index contributed by atoms with van der Waals surface area (Å²) in [7, 11) is 0. The average molecular weight is 378 g/mol. The van der Waals surface area contributed by atoms with E-state index < -0.39 is 6.04 Å². The number of hydrogen-bond donors (Lipinski definition) is 3. The van der Waals surface area contributed by atoms with Crippen molar-refractivity contribution in [3.63, 3.8) is 0 Å². The van der Waals surface area contributed by atoms with E-state index in [4.69, 9.17) is 0 Å². The minimum Gasteiger partial charge on any atom is -0.374 e. The topological polar surface area (TPSA) is 70.2 Å². The maximum atomic E-state index is 14.3. The van der Waals surface area contributed by atoms with Crippen molar-refractivity contribution in [1.82, 2.24) is 10.6 Å². The van der Waals surface area contributed by atoms with Gasteiger partial charge in [-0.15, -0.1) is 24.8 Å². The van der Waals surface area contributed by atoms with E-state index in [2.05, 4.69) is 16.0 Å². The lowest BCUT2D eigenvalue weighted by atomic mass is 9.89. The highest BCUT2D eigenvalue weighted by Crippen LogP contribution is 2.29. The minimum absolute atomic E-state index is 0. The van der Waals surface area contributed by atoms with Crippen molar-refractivity contribution in [3.05, 3.63) is 29.6 Å². The molecule has 2 saturated heterocycles. The number of nitrogens with one attached hydrogen (secondary N) is 3. The molecule has 5 nitrogen and oxygen atoms in total. The van der Waals surface area contributed by atoms with Gasteiger partial charge in [0.05, 0.1) is 0 Å². The number of carbonyl (C=O) groups excluding carboxylic acids is 2. The molecule has 0 spiro atoms. The molecule has 2 aliphatic heterocycles. The molecule has 2 heterocycles. The van der Waals surface area contributed by atoms with Gasteiger partial charge in [0.2, 0.25) is 11.8 Å². The molecule has 24 heavy (non-hydrogen) atoms. The van der Waals surface area contributed by atoms with Gasteiger partial charge in [-0.1, -0.05) is 6.07 Å². The van der Waals surface area contributed by atoms with Crippen LogP contribution in [-0.2, 0) is 9.59 Å². The van der Waals surface area contributed by atoms with Crippen LogP contribution in [0, 0.1) is 5.82 Å². The third-order valence-electron chi connectivity index (χ3n) is 4.36. The van der Waals surface area contributed by atoms with Gasteiger partial charge in [-0.05, 0) is 56.0 Å². The lowest BCUT2D eigenvalue weighted by Gasteiger charge is -2.25. The molecule has 1 unspecified atom stereocenters. The van der Waals surface area contributed by atoms with Crippen LogP contribution >= 0.6 is 24.8 Å². The Morgan fingerprint density at radius 3 is 2.42 bits per heavy atom. The van der Waals surface area contributed by atoms with E-state index in [0.717, 1.165) is 31.5 Å². The summed E-state index contributed by atoms with van der Waals surface area (Å²) in [4.78, 5) is 22.8. The van der Waals surface area contributed by atoms with Crippen LogP contribution in [0.3, 0.4) is 0 Å². The number of imide groups is 1. The Morgan fingerprint density at radius 2 is 1.79 bits per heavy atom. The van der Waals surface area contributed by atoms with Gasteiger partial charge >= 0.3 is 0 Å². The molecular weight excluding hydrogens is 356 g/mol. The summed E-state index contributed by atoms with van der Waals surface area (Å²) in [6.07, 6.45) is 2.62. The summed E-state index contributed by atoms with van der Waals surface area (Å²) in [5.41, 5.74) is 1.32. The van der Waals surface area contributed by atoms with E-state index >= 15 is 0 Å². The molecule has 1 aromatic rings. The third-order valence-corrected chi connectivity index (χ3v) is 4.36. The van der Waals surface area contributed by atoms with Crippen molar-refractivity contribution in [2.75, 3.05) is 18.4 Å². The first-order valence-electron chi connectivity index (χ1n) is 7.74. The largest absolute Gasteiger partial charge is 0.374 e. The smallest absolute Gasteiger partial charge is 0.249 e. The van der Waals surface area contributed by atoms with Gasteiger partial charge in [-0.3, -0.25) is 14.9 Å². The zero-order valence-electron chi connectivity index (χ0n) is 13.1. The summed E-state index contributed by atoms with van der Waals surface area (Å²) in [5, 5.41) is 8.56. The van der Waals surface area contributed by atoms with Crippen LogP contribution in [0.15, 0.2) is 18.2 Å². The number of rotatable bonds is 3. The van der Waals surface area contributed by atoms with E-state index in [1.165, 1.54) is 6.07 Å². The number of anilines is 1. The number of piperidine rings is 2. The second kappa shape index (κ2) is 9.20. The number of carbonyl (C=O) groups is 2. The van der Waals surface area contributed by atoms with Gasteiger partial charge in [-0.25, -0.2) is 4.39 Å². The molecule has 0 radical (unpaired) electrons. The van der Waals surface area contributed by atoms with Gasteiger partial charge in [0.15, 0.2) is 0 Å². The molecule has 1 aromatic carbocycles. The van der Waals surface area contributed by atoms with E-state index in [1.54, 1.807) is 6.07 Å². The highest BCUT2D eigenvalue weighted by atomic mass is 35.5. The number of amides is 2. The van der Waals surface area contributed by atoms with Gasteiger partial charge < -0.3 is 10.6 Å². The Kier molecular flexibility index (Phi) is 7.93. The summed E-state index contributed by atoms with van der Waals surface area (Å²) < 4.78 is 14.3. The second-order valence-corrected chi connectivity index (χ2v) is 5.91. The number of hydrogen-bond acceptors (Lipinski definition) is 4. The quantitative estimate of drug-likeness (QED) is 0.707. The average Bonchev–Trinajstić information content (AvgIpc) is 2.51. The predicted octanol–water partition coefficient (Wildman–Crippen LogP) is 2.35. The van der Waals surface area contributed by atoms with Crippen molar-refractivity contribution >= 4 is 42.3 Å². The van der Waals surface area contributed by atoms with Crippen LogP contribution in [0.4, 0.5) is 10.1 Å². The third kappa shape index (κ3) is 4.82. The fourth-order valence-corrected chi connectivity index (χ4v) is 3.11. The van der Waals surface area contributed by atoms with Crippen LogP contribution in [0.2, 0.25) is 0 Å². The van der Waals surface area contributed by atoms with Gasteiger partial charge in [0, 0.05) is 12.1 Å². The van der Waals surface area contributed by atoms with Crippen molar-refractivity contribution in [2.24, 2.45) is 0 Å². The van der Waals surface area contributed by atoms with E-state index in [1.807, 2.05) is 6.07 Å². The SMILES string of the molecule is Cl.Cl.O=C1CCC(Nc2ccc(C3CCNCC3)c(F)c2)C(=O)N1. The maximum Gasteiger partial charge on any atom is 0.249 e. The number of halogens is 3. The molecule has 8 heteroatoms. The number of benzene rings is 1. The molecule has 2 fully saturated rings. The van der Waals surface area contributed by atoms with E-state index in [9.17, 15) is 14.0 Å². The minimum atomic E-state index is -0.484. The fraction of sp³-hybridized carbons (Fsp3) is 0.500. The first kappa shape index (κ1) is 20.7. The molecule has 2 aliphatic rings. The van der Waals surface area contributed by atoms with Gasteiger partial charge in [0.25, 0.3) is 0 Å². The summed E-state index contributed by atoms with van der Waals surface area (Å²) in [6, 6.07) is 4.58. The molecule has 134 valence electrons. The van der Waals surface area contributed by atoms with Crippen molar-refractivity contribution in [2.45, 2.75) is 37.6 Å². The Balaban J connectivity index is 0.00000144. The second-order valence-electron chi connectivity index (χ2n) is 5.91. The Morgan fingerprint density at radius 1 is 1.08 bits per heavy atom. The molecule has 0 aromatic heterocycles. The summed E-state index contributed by atoms with van der Waals surface area (Å²) in [5.74, 6) is -0.579. The molecule has 0 bridgehead atoms. The Hall–Kier alpha value is -1.37. The van der Waals surface area contributed by atoms with Crippen molar-refractivity contribution in [3.8, 4) is 0 Å². The molecule has 0 saturated carbocycles. The van der Waals surface area contributed by atoms with Gasteiger partial charge in [0.1, 0.15) is 11.9 Å². The van der Waals surface area contributed by atoms with Crippen LogP contribution in [0.1, 0.15) is 37.2 Å². The van der Waals surface area contributed by atoms with E-state index in [0.29, 0.717) is 18.5 Å². The summed E-state index contributed by atoms with van der Waals surface area (Å²) in [6.45, 7) is 1.83. The van der Waals surface area contributed by atoms with Crippen molar-refractivity contribution < 1.29 is 14.0 Å². The van der Waals surface area contributed by atoms with Crippen LogP contribution in [0.25, 0.3) is 0 Å². The monoisotopic (exact) mass is 377 g/mol. The lowest BCUT2D eigenvalue weighted by molar-refractivity contribution is -0.133. The zero-order chi connectivity index (χ0) is 15.5. The Labute approximate surface area is 153 Å². The first-order valence-corrected chi connectivity index (χ1v) is 7.74. The molecule has 0 aliphatic carbocycles. The Bertz CT molecular complexity index is 595. The first-order chi connectivity index (χ1) is 10.6. The molecular formula is C16H22Cl2FN3O2. The van der Waals surface area contributed by atoms with E-state index in [-0.39, 0.29) is 48.4 Å². The maximum absolute atomic E-state index is 14.3.